The average Bonchev–Trinajstić information content (AvgIpc) is 2.46. The highest BCUT2D eigenvalue weighted by Crippen LogP contribution is 2.29. The van der Waals surface area contributed by atoms with Crippen molar-refractivity contribution in [2.75, 3.05) is 0 Å². The summed E-state index contributed by atoms with van der Waals surface area (Å²) in [5.41, 5.74) is 3.19. The van der Waals surface area contributed by atoms with Crippen molar-refractivity contribution < 1.29 is 9.90 Å². The zero-order valence-corrected chi connectivity index (χ0v) is 11.0. The maximum atomic E-state index is 11.2. The molecule has 3 rings (SSSR count). The van der Waals surface area contributed by atoms with Crippen LogP contribution < -0.4 is 0 Å². The first-order valence-electron chi connectivity index (χ1n) is 6.33. The van der Waals surface area contributed by atoms with Crippen molar-refractivity contribution in [1.29, 1.82) is 0 Å². The maximum absolute atomic E-state index is 11.2. The van der Waals surface area contributed by atoms with Gasteiger partial charge in [0.2, 0.25) is 0 Å². The van der Waals surface area contributed by atoms with E-state index in [4.69, 9.17) is 0 Å². The standard InChI is InChI=1S/C17H13NO2/c1-11-7-13(9-14(8-11)17(19)20)15-4-2-3-12-10-18-6-5-16(12)15/h2-10H,1H3,(H,19,20). The summed E-state index contributed by atoms with van der Waals surface area (Å²) in [6, 6.07) is 13.3. The molecule has 1 heterocycles. The summed E-state index contributed by atoms with van der Waals surface area (Å²) in [6.07, 6.45) is 3.56. The summed E-state index contributed by atoms with van der Waals surface area (Å²) in [4.78, 5) is 15.3. The van der Waals surface area contributed by atoms with E-state index in [1.54, 1.807) is 18.3 Å². The lowest BCUT2D eigenvalue weighted by Crippen LogP contribution is -1.97. The maximum Gasteiger partial charge on any atom is 0.335 e. The Morgan fingerprint density at radius 2 is 2.00 bits per heavy atom. The summed E-state index contributed by atoms with van der Waals surface area (Å²) in [7, 11) is 0. The summed E-state index contributed by atoms with van der Waals surface area (Å²) in [6.45, 7) is 1.91. The van der Waals surface area contributed by atoms with Gasteiger partial charge in [-0.1, -0.05) is 24.3 Å². The van der Waals surface area contributed by atoms with E-state index < -0.39 is 5.97 Å². The number of aryl methyl sites for hydroxylation is 1. The zero-order chi connectivity index (χ0) is 14.1. The minimum absolute atomic E-state index is 0.311. The summed E-state index contributed by atoms with van der Waals surface area (Å²) in [5.74, 6) is -0.906. The molecule has 0 bridgehead atoms. The molecular weight excluding hydrogens is 250 g/mol. The van der Waals surface area contributed by atoms with E-state index in [0.717, 1.165) is 27.5 Å². The van der Waals surface area contributed by atoms with Crippen LogP contribution in [0.3, 0.4) is 0 Å². The van der Waals surface area contributed by atoms with Gasteiger partial charge in [-0.15, -0.1) is 0 Å². The number of carbonyl (C=O) groups is 1. The minimum Gasteiger partial charge on any atom is -0.478 e. The fraction of sp³-hybridized carbons (Fsp3) is 0.0588. The van der Waals surface area contributed by atoms with Crippen molar-refractivity contribution in [3.05, 3.63) is 66.0 Å². The van der Waals surface area contributed by atoms with Gasteiger partial charge in [-0.2, -0.15) is 0 Å². The Balaban J connectivity index is 2.28. The van der Waals surface area contributed by atoms with E-state index >= 15 is 0 Å². The normalized spacial score (nSPS) is 10.7. The Morgan fingerprint density at radius 3 is 2.80 bits per heavy atom. The predicted octanol–water partition coefficient (Wildman–Crippen LogP) is 3.91. The average molecular weight is 263 g/mol. The van der Waals surface area contributed by atoms with Gasteiger partial charge in [-0.3, -0.25) is 4.98 Å². The molecule has 0 radical (unpaired) electrons. The molecular formula is C17H13NO2. The fourth-order valence-electron chi connectivity index (χ4n) is 2.44. The molecule has 0 aliphatic carbocycles. The first-order valence-corrected chi connectivity index (χ1v) is 6.33. The topological polar surface area (TPSA) is 50.2 Å². The van der Waals surface area contributed by atoms with Crippen LogP contribution in [0.1, 0.15) is 15.9 Å². The largest absolute Gasteiger partial charge is 0.478 e. The fourth-order valence-corrected chi connectivity index (χ4v) is 2.44. The van der Waals surface area contributed by atoms with Crippen LogP contribution in [-0.2, 0) is 0 Å². The number of hydrogen-bond acceptors (Lipinski definition) is 2. The van der Waals surface area contributed by atoms with Crippen LogP contribution in [0.15, 0.2) is 54.9 Å². The van der Waals surface area contributed by atoms with Crippen molar-refractivity contribution in [2.45, 2.75) is 6.92 Å². The highest BCUT2D eigenvalue weighted by atomic mass is 16.4. The number of aromatic nitrogens is 1. The number of nitrogens with zero attached hydrogens (tertiary/aromatic N) is 1. The molecule has 0 amide bonds. The molecule has 0 aliphatic rings. The molecule has 1 N–H and O–H groups in total. The van der Waals surface area contributed by atoms with E-state index in [0.29, 0.717) is 5.56 Å². The third-order valence-electron chi connectivity index (χ3n) is 3.32. The second-order valence-electron chi connectivity index (χ2n) is 4.80. The van der Waals surface area contributed by atoms with Gasteiger partial charge in [0.25, 0.3) is 0 Å². The molecule has 0 aliphatic heterocycles. The highest BCUT2D eigenvalue weighted by Gasteiger charge is 2.09. The van der Waals surface area contributed by atoms with Crippen LogP contribution in [-0.4, -0.2) is 16.1 Å². The third-order valence-corrected chi connectivity index (χ3v) is 3.32. The predicted molar refractivity (Wildman–Crippen MR) is 78.9 cm³/mol. The number of hydrogen-bond donors (Lipinski definition) is 1. The minimum atomic E-state index is -0.906. The molecule has 0 atom stereocenters. The van der Waals surface area contributed by atoms with Crippen molar-refractivity contribution in [1.82, 2.24) is 4.98 Å². The lowest BCUT2D eigenvalue weighted by molar-refractivity contribution is 0.0697. The van der Waals surface area contributed by atoms with Crippen LogP contribution in [0.2, 0.25) is 0 Å². The highest BCUT2D eigenvalue weighted by molar-refractivity contribution is 5.98. The summed E-state index contributed by atoms with van der Waals surface area (Å²) >= 11 is 0. The molecule has 0 saturated heterocycles. The number of aromatic carboxylic acids is 1. The summed E-state index contributed by atoms with van der Waals surface area (Å²) < 4.78 is 0. The Bertz CT molecular complexity index is 804. The number of fused-ring (bicyclic) bond motifs is 1. The number of carboxylic acid groups (broad SMARTS) is 1. The zero-order valence-electron chi connectivity index (χ0n) is 11.0. The molecule has 1 aromatic heterocycles. The van der Waals surface area contributed by atoms with Gasteiger partial charge in [0.05, 0.1) is 5.56 Å². The van der Waals surface area contributed by atoms with Crippen LogP contribution in [0.5, 0.6) is 0 Å². The van der Waals surface area contributed by atoms with E-state index in [-0.39, 0.29) is 0 Å². The summed E-state index contributed by atoms with van der Waals surface area (Å²) in [5, 5.41) is 11.3. The Kier molecular flexibility index (Phi) is 2.95. The SMILES string of the molecule is Cc1cc(C(=O)O)cc(-c2cccc3cnccc23)c1. The second kappa shape index (κ2) is 4.78. The third kappa shape index (κ3) is 2.14. The van der Waals surface area contributed by atoms with Gasteiger partial charge < -0.3 is 5.11 Å². The first-order chi connectivity index (χ1) is 9.65. The van der Waals surface area contributed by atoms with E-state index in [1.165, 1.54) is 0 Å². The number of rotatable bonds is 2. The van der Waals surface area contributed by atoms with Crippen molar-refractivity contribution in [3.8, 4) is 11.1 Å². The van der Waals surface area contributed by atoms with Crippen LogP contribution >= 0.6 is 0 Å². The number of carboxylic acids is 1. The van der Waals surface area contributed by atoms with Gasteiger partial charge in [0.15, 0.2) is 0 Å². The van der Waals surface area contributed by atoms with Crippen LogP contribution in [0, 0.1) is 6.92 Å². The first kappa shape index (κ1) is 12.4. The van der Waals surface area contributed by atoms with E-state index in [9.17, 15) is 9.90 Å². The second-order valence-corrected chi connectivity index (χ2v) is 4.80. The van der Waals surface area contributed by atoms with Gasteiger partial charge in [0.1, 0.15) is 0 Å². The molecule has 0 unspecified atom stereocenters. The molecule has 20 heavy (non-hydrogen) atoms. The molecule has 98 valence electrons. The Hall–Kier alpha value is -2.68. The molecule has 3 aromatic rings. The molecule has 0 fully saturated rings. The lowest BCUT2D eigenvalue weighted by Gasteiger charge is -2.09. The van der Waals surface area contributed by atoms with Gasteiger partial charge in [-0.05, 0) is 47.2 Å². The van der Waals surface area contributed by atoms with E-state index in [1.807, 2.05) is 43.5 Å². The molecule has 0 spiro atoms. The smallest absolute Gasteiger partial charge is 0.335 e. The van der Waals surface area contributed by atoms with Crippen molar-refractivity contribution in [3.63, 3.8) is 0 Å². The van der Waals surface area contributed by atoms with Crippen LogP contribution in [0.4, 0.5) is 0 Å². The molecule has 3 heteroatoms. The van der Waals surface area contributed by atoms with Gasteiger partial charge in [0, 0.05) is 17.8 Å². The Labute approximate surface area is 116 Å². The van der Waals surface area contributed by atoms with Crippen molar-refractivity contribution >= 4 is 16.7 Å². The van der Waals surface area contributed by atoms with E-state index in [2.05, 4.69) is 4.98 Å². The molecule has 2 aromatic carbocycles. The quantitative estimate of drug-likeness (QED) is 0.762. The number of pyridine rings is 1. The van der Waals surface area contributed by atoms with Gasteiger partial charge in [-0.25, -0.2) is 4.79 Å². The van der Waals surface area contributed by atoms with Gasteiger partial charge >= 0.3 is 5.97 Å². The van der Waals surface area contributed by atoms with Crippen LogP contribution in [0.25, 0.3) is 21.9 Å². The Morgan fingerprint density at radius 1 is 1.15 bits per heavy atom. The number of benzene rings is 2. The molecule has 3 nitrogen and oxygen atoms in total. The monoisotopic (exact) mass is 263 g/mol. The van der Waals surface area contributed by atoms with Crippen molar-refractivity contribution in [2.24, 2.45) is 0 Å². The lowest BCUT2D eigenvalue weighted by atomic mass is 9.96. The molecule has 0 saturated carbocycles.